The van der Waals surface area contributed by atoms with E-state index in [0.717, 1.165) is 21.3 Å². The Labute approximate surface area is 137 Å². The van der Waals surface area contributed by atoms with Crippen molar-refractivity contribution in [3.63, 3.8) is 0 Å². The molecule has 0 saturated heterocycles. The average Bonchev–Trinajstić information content (AvgIpc) is 2.88. The molecule has 0 aliphatic heterocycles. The number of aryl methyl sites for hydroxylation is 2. The van der Waals surface area contributed by atoms with Crippen LogP contribution >= 0.6 is 11.3 Å². The average molecular weight is 328 g/mol. The molecule has 1 unspecified atom stereocenters. The molecule has 0 spiro atoms. The van der Waals surface area contributed by atoms with Crippen LogP contribution in [0.4, 0.5) is 5.82 Å². The first-order chi connectivity index (χ1) is 11.0. The minimum atomic E-state index is -0.917. The summed E-state index contributed by atoms with van der Waals surface area (Å²) in [5.41, 5.74) is 1.95. The SMILES string of the molecule is Cc1nc(NC(Cc2ccncc2)C(=O)O)c2c(C)csc2n1. The maximum atomic E-state index is 11.6. The molecule has 6 nitrogen and oxygen atoms in total. The van der Waals surface area contributed by atoms with Crippen molar-refractivity contribution in [1.29, 1.82) is 0 Å². The molecule has 0 aliphatic carbocycles. The number of carboxylic acids is 1. The molecule has 118 valence electrons. The number of nitrogens with zero attached hydrogens (tertiary/aromatic N) is 3. The van der Waals surface area contributed by atoms with Gasteiger partial charge in [0.15, 0.2) is 0 Å². The highest BCUT2D eigenvalue weighted by Crippen LogP contribution is 2.29. The van der Waals surface area contributed by atoms with Crippen LogP contribution in [0.1, 0.15) is 17.0 Å². The highest BCUT2D eigenvalue weighted by molar-refractivity contribution is 7.17. The number of anilines is 1. The van der Waals surface area contributed by atoms with Crippen molar-refractivity contribution >= 4 is 33.3 Å². The fourth-order valence-electron chi connectivity index (χ4n) is 2.41. The summed E-state index contributed by atoms with van der Waals surface area (Å²) in [6.45, 7) is 3.78. The molecule has 0 aliphatic rings. The minimum Gasteiger partial charge on any atom is -0.480 e. The van der Waals surface area contributed by atoms with Crippen LogP contribution in [0.3, 0.4) is 0 Å². The standard InChI is InChI=1S/C16H16N4O2S/c1-9-8-23-15-13(9)14(18-10(2)19-15)20-12(16(21)22)7-11-3-5-17-6-4-11/h3-6,8,12H,7H2,1-2H3,(H,21,22)(H,18,19,20). The number of thiophene rings is 1. The molecule has 0 amide bonds. The zero-order valence-electron chi connectivity index (χ0n) is 12.8. The molecular weight excluding hydrogens is 312 g/mol. The molecular formula is C16H16N4O2S. The van der Waals surface area contributed by atoms with Gasteiger partial charge in [0.1, 0.15) is 22.5 Å². The van der Waals surface area contributed by atoms with Crippen LogP contribution in [0.25, 0.3) is 10.2 Å². The minimum absolute atomic E-state index is 0.353. The molecule has 0 radical (unpaired) electrons. The summed E-state index contributed by atoms with van der Waals surface area (Å²) in [4.78, 5) is 25.3. The molecule has 0 fully saturated rings. The van der Waals surface area contributed by atoms with Crippen LogP contribution in [-0.2, 0) is 11.2 Å². The summed E-state index contributed by atoms with van der Waals surface area (Å²) in [6.07, 6.45) is 3.67. The van der Waals surface area contributed by atoms with Crippen molar-refractivity contribution < 1.29 is 9.90 Å². The van der Waals surface area contributed by atoms with Gasteiger partial charge < -0.3 is 10.4 Å². The normalized spacial score (nSPS) is 12.3. The van der Waals surface area contributed by atoms with E-state index in [1.165, 1.54) is 11.3 Å². The first kappa shape index (κ1) is 15.4. The molecule has 7 heteroatoms. The molecule has 23 heavy (non-hydrogen) atoms. The highest BCUT2D eigenvalue weighted by atomic mass is 32.1. The molecule has 0 bridgehead atoms. The van der Waals surface area contributed by atoms with Crippen molar-refractivity contribution in [2.45, 2.75) is 26.3 Å². The third kappa shape index (κ3) is 3.29. The number of pyridine rings is 1. The quantitative estimate of drug-likeness (QED) is 0.749. The molecule has 3 aromatic rings. The van der Waals surface area contributed by atoms with Crippen LogP contribution in [0, 0.1) is 13.8 Å². The predicted molar refractivity (Wildman–Crippen MR) is 89.9 cm³/mol. The van der Waals surface area contributed by atoms with E-state index < -0.39 is 12.0 Å². The molecule has 3 rings (SSSR count). The number of aliphatic carboxylic acids is 1. The van der Waals surface area contributed by atoms with Gasteiger partial charge in [-0.15, -0.1) is 11.3 Å². The first-order valence-electron chi connectivity index (χ1n) is 7.15. The Morgan fingerprint density at radius 3 is 2.74 bits per heavy atom. The highest BCUT2D eigenvalue weighted by Gasteiger charge is 2.21. The fraction of sp³-hybridized carbons (Fsp3) is 0.250. The smallest absolute Gasteiger partial charge is 0.326 e. The predicted octanol–water partition coefficient (Wildman–Crippen LogP) is 2.81. The molecule has 0 aromatic carbocycles. The number of fused-ring (bicyclic) bond motifs is 1. The third-order valence-electron chi connectivity index (χ3n) is 3.53. The largest absolute Gasteiger partial charge is 0.480 e. The van der Waals surface area contributed by atoms with Crippen molar-refractivity contribution in [1.82, 2.24) is 15.0 Å². The van der Waals surface area contributed by atoms with Crippen LogP contribution in [0.5, 0.6) is 0 Å². The maximum Gasteiger partial charge on any atom is 0.326 e. The zero-order valence-corrected chi connectivity index (χ0v) is 13.6. The summed E-state index contributed by atoms with van der Waals surface area (Å²) in [6, 6.07) is 2.86. The van der Waals surface area contributed by atoms with Gasteiger partial charge in [-0.25, -0.2) is 14.8 Å². The first-order valence-corrected chi connectivity index (χ1v) is 8.03. The number of hydrogen-bond donors (Lipinski definition) is 2. The van der Waals surface area contributed by atoms with Crippen molar-refractivity contribution in [2.24, 2.45) is 0 Å². The number of nitrogens with one attached hydrogen (secondary N) is 1. The monoisotopic (exact) mass is 328 g/mol. The van der Waals surface area contributed by atoms with Gasteiger partial charge in [0.25, 0.3) is 0 Å². The van der Waals surface area contributed by atoms with Gasteiger partial charge in [-0.05, 0) is 42.5 Å². The Hall–Kier alpha value is -2.54. The summed E-state index contributed by atoms with van der Waals surface area (Å²) < 4.78 is 0. The lowest BCUT2D eigenvalue weighted by Crippen LogP contribution is -2.32. The van der Waals surface area contributed by atoms with Crippen LogP contribution < -0.4 is 5.32 Å². The van der Waals surface area contributed by atoms with Gasteiger partial charge in [-0.1, -0.05) is 0 Å². The second kappa shape index (κ2) is 6.29. The summed E-state index contributed by atoms with van der Waals surface area (Å²) in [5, 5.41) is 15.5. The van der Waals surface area contributed by atoms with Crippen LogP contribution in [0.15, 0.2) is 29.9 Å². The fourth-order valence-corrected chi connectivity index (χ4v) is 3.38. The number of rotatable bonds is 5. The molecule has 3 aromatic heterocycles. The Morgan fingerprint density at radius 1 is 1.30 bits per heavy atom. The number of hydrogen-bond acceptors (Lipinski definition) is 6. The second-order valence-corrected chi connectivity index (χ2v) is 6.17. The molecule has 1 atom stereocenters. The Morgan fingerprint density at radius 2 is 2.04 bits per heavy atom. The number of carbonyl (C=O) groups is 1. The van der Waals surface area contributed by atoms with E-state index in [4.69, 9.17) is 0 Å². The van der Waals surface area contributed by atoms with Crippen molar-refractivity contribution in [3.05, 3.63) is 46.9 Å². The summed E-state index contributed by atoms with van der Waals surface area (Å²) in [5.74, 6) is 0.279. The van der Waals surface area contributed by atoms with E-state index >= 15 is 0 Å². The van der Waals surface area contributed by atoms with Crippen molar-refractivity contribution in [3.8, 4) is 0 Å². The van der Waals surface area contributed by atoms with Crippen LogP contribution in [0.2, 0.25) is 0 Å². The van der Waals surface area contributed by atoms with Gasteiger partial charge in [0.05, 0.1) is 5.39 Å². The maximum absolute atomic E-state index is 11.6. The van der Waals surface area contributed by atoms with Crippen molar-refractivity contribution in [2.75, 3.05) is 5.32 Å². The van der Waals surface area contributed by atoms with E-state index in [2.05, 4.69) is 20.3 Å². The summed E-state index contributed by atoms with van der Waals surface area (Å²) >= 11 is 1.53. The van der Waals surface area contributed by atoms with Gasteiger partial charge in [0.2, 0.25) is 0 Å². The van der Waals surface area contributed by atoms with Gasteiger partial charge in [-0.2, -0.15) is 0 Å². The summed E-state index contributed by atoms with van der Waals surface area (Å²) in [7, 11) is 0. The molecule has 0 saturated carbocycles. The topological polar surface area (TPSA) is 88.0 Å². The molecule has 3 heterocycles. The Balaban J connectivity index is 1.94. The lowest BCUT2D eigenvalue weighted by molar-refractivity contribution is -0.137. The lowest BCUT2D eigenvalue weighted by atomic mass is 10.1. The Bertz CT molecular complexity index is 848. The lowest BCUT2D eigenvalue weighted by Gasteiger charge is -2.16. The number of aromatic nitrogens is 3. The van der Waals surface area contributed by atoms with E-state index in [1.807, 2.05) is 24.4 Å². The number of carboxylic acid groups (broad SMARTS) is 1. The van der Waals surface area contributed by atoms with E-state index in [-0.39, 0.29) is 0 Å². The van der Waals surface area contributed by atoms with Gasteiger partial charge >= 0.3 is 5.97 Å². The van der Waals surface area contributed by atoms with E-state index in [9.17, 15) is 9.90 Å². The van der Waals surface area contributed by atoms with Crippen LogP contribution in [-0.4, -0.2) is 32.1 Å². The molecule has 2 N–H and O–H groups in total. The zero-order chi connectivity index (χ0) is 16.4. The Kier molecular flexibility index (Phi) is 4.20. The van der Waals surface area contributed by atoms with Gasteiger partial charge in [-0.3, -0.25) is 4.98 Å². The third-order valence-corrected chi connectivity index (χ3v) is 4.52. The second-order valence-electron chi connectivity index (χ2n) is 5.31. The van der Waals surface area contributed by atoms with Gasteiger partial charge in [0, 0.05) is 18.8 Å². The van der Waals surface area contributed by atoms with E-state index in [1.54, 1.807) is 19.3 Å². The van der Waals surface area contributed by atoms with E-state index in [0.29, 0.717) is 18.1 Å².